The van der Waals surface area contributed by atoms with E-state index in [1.165, 1.54) is 5.52 Å². The Morgan fingerprint density at radius 1 is 0.906 bits per heavy atom. The molecule has 164 valence electrons. The first-order valence-electron chi connectivity index (χ1n) is 11.2. The van der Waals surface area contributed by atoms with Gasteiger partial charge in [0.05, 0.1) is 11.0 Å². The minimum Gasteiger partial charge on any atom is -0.345 e. The van der Waals surface area contributed by atoms with Crippen molar-refractivity contribution in [2.24, 2.45) is 0 Å². The second kappa shape index (κ2) is 9.41. The number of aryl methyl sites for hydroxylation is 1. The molecule has 1 saturated heterocycles. The second-order valence-electron chi connectivity index (χ2n) is 8.58. The largest absolute Gasteiger partial charge is 0.345 e. The SMILES string of the molecule is CN1CCN(CCCn2cc(-c3cncc(-c4cccc(Cl)c4)c3)c3ncccc32)CC1. The lowest BCUT2D eigenvalue weighted by Gasteiger charge is -2.32. The highest BCUT2D eigenvalue weighted by molar-refractivity contribution is 6.30. The van der Waals surface area contributed by atoms with E-state index in [4.69, 9.17) is 16.6 Å². The fourth-order valence-corrected chi connectivity index (χ4v) is 4.66. The van der Waals surface area contributed by atoms with Crippen molar-refractivity contribution in [3.8, 4) is 22.3 Å². The van der Waals surface area contributed by atoms with Gasteiger partial charge in [0.25, 0.3) is 0 Å². The third kappa shape index (κ3) is 4.56. The summed E-state index contributed by atoms with van der Waals surface area (Å²) >= 11 is 6.21. The van der Waals surface area contributed by atoms with E-state index >= 15 is 0 Å². The number of hydrogen-bond acceptors (Lipinski definition) is 4. The minimum absolute atomic E-state index is 0.728. The Morgan fingerprint density at radius 3 is 2.59 bits per heavy atom. The molecule has 3 aromatic heterocycles. The average Bonchev–Trinajstić information content (AvgIpc) is 3.19. The molecule has 0 bridgehead atoms. The number of aromatic nitrogens is 3. The molecule has 0 atom stereocenters. The quantitative estimate of drug-likeness (QED) is 0.416. The Balaban J connectivity index is 1.40. The zero-order chi connectivity index (χ0) is 21.9. The predicted octanol–water partition coefficient (Wildman–Crippen LogP) is 5.06. The van der Waals surface area contributed by atoms with Gasteiger partial charge in [-0.05, 0) is 55.9 Å². The standard InChI is InChI=1S/C26H28ClN5/c1-30-11-13-31(14-12-30)9-4-10-32-19-24(26-25(32)7-3-8-29-26)22-15-21(17-28-18-22)20-5-2-6-23(27)16-20/h2-3,5-8,15-19H,4,9-14H2,1H3. The third-order valence-electron chi connectivity index (χ3n) is 6.31. The highest BCUT2D eigenvalue weighted by atomic mass is 35.5. The van der Waals surface area contributed by atoms with Crippen LogP contribution in [-0.4, -0.2) is 64.1 Å². The molecule has 4 aromatic rings. The van der Waals surface area contributed by atoms with E-state index in [-0.39, 0.29) is 0 Å². The van der Waals surface area contributed by atoms with Crippen LogP contribution >= 0.6 is 11.6 Å². The summed E-state index contributed by atoms with van der Waals surface area (Å²) in [5.74, 6) is 0. The van der Waals surface area contributed by atoms with Crippen LogP contribution < -0.4 is 0 Å². The Labute approximate surface area is 194 Å². The summed E-state index contributed by atoms with van der Waals surface area (Å²) < 4.78 is 2.35. The highest BCUT2D eigenvalue weighted by Crippen LogP contribution is 2.32. The van der Waals surface area contributed by atoms with Gasteiger partial charge in [0, 0.05) is 79.2 Å². The molecule has 6 heteroatoms. The molecule has 0 N–H and O–H groups in total. The van der Waals surface area contributed by atoms with Crippen LogP contribution in [0.15, 0.2) is 67.3 Å². The van der Waals surface area contributed by atoms with Crippen molar-refractivity contribution >= 4 is 22.6 Å². The number of likely N-dealkylation sites (N-methyl/N-ethyl adjacent to an activating group) is 1. The summed E-state index contributed by atoms with van der Waals surface area (Å²) in [4.78, 5) is 14.2. The van der Waals surface area contributed by atoms with Gasteiger partial charge in [-0.3, -0.25) is 9.97 Å². The van der Waals surface area contributed by atoms with E-state index in [9.17, 15) is 0 Å². The van der Waals surface area contributed by atoms with E-state index in [1.54, 1.807) is 0 Å². The van der Waals surface area contributed by atoms with Gasteiger partial charge in [-0.15, -0.1) is 0 Å². The molecule has 5 rings (SSSR count). The van der Waals surface area contributed by atoms with Gasteiger partial charge in [-0.25, -0.2) is 0 Å². The molecule has 1 aromatic carbocycles. The zero-order valence-electron chi connectivity index (χ0n) is 18.4. The van der Waals surface area contributed by atoms with Crippen molar-refractivity contribution in [3.63, 3.8) is 0 Å². The molecule has 1 aliphatic heterocycles. The third-order valence-corrected chi connectivity index (χ3v) is 6.55. The van der Waals surface area contributed by atoms with E-state index in [0.717, 1.165) is 78.5 Å². The summed E-state index contributed by atoms with van der Waals surface area (Å²) in [7, 11) is 2.20. The van der Waals surface area contributed by atoms with Crippen LogP contribution in [0.3, 0.4) is 0 Å². The summed E-state index contributed by atoms with van der Waals surface area (Å²) in [5.41, 5.74) is 6.51. The van der Waals surface area contributed by atoms with Gasteiger partial charge in [-0.1, -0.05) is 23.7 Å². The van der Waals surface area contributed by atoms with Crippen LogP contribution in [0.5, 0.6) is 0 Å². The van der Waals surface area contributed by atoms with Crippen LogP contribution in [0.25, 0.3) is 33.3 Å². The van der Waals surface area contributed by atoms with Gasteiger partial charge >= 0.3 is 0 Å². The molecule has 5 nitrogen and oxygen atoms in total. The predicted molar refractivity (Wildman–Crippen MR) is 132 cm³/mol. The maximum atomic E-state index is 6.21. The Hall–Kier alpha value is -2.73. The highest BCUT2D eigenvalue weighted by Gasteiger charge is 2.15. The summed E-state index contributed by atoms with van der Waals surface area (Å²) in [6, 6.07) is 14.3. The number of nitrogens with zero attached hydrogens (tertiary/aromatic N) is 5. The normalized spacial score (nSPS) is 15.4. The smallest absolute Gasteiger partial charge is 0.0959 e. The average molecular weight is 446 g/mol. The van der Waals surface area contributed by atoms with Crippen LogP contribution in [0, 0.1) is 0 Å². The van der Waals surface area contributed by atoms with Crippen molar-refractivity contribution in [1.29, 1.82) is 0 Å². The fourth-order valence-electron chi connectivity index (χ4n) is 4.47. The lowest BCUT2D eigenvalue weighted by atomic mass is 10.0. The molecule has 1 aliphatic rings. The summed E-state index contributed by atoms with van der Waals surface area (Å²) in [6.45, 7) is 6.77. The molecular formula is C26H28ClN5. The maximum Gasteiger partial charge on any atom is 0.0959 e. The molecule has 1 fully saturated rings. The van der Waals surface area contributed by atoms with E-state index in [1.807, 2.05) is 42.9 Å². The van der Waals surface area contributed by atoms with E-state index in [2.05, 4.69) is 50.8 Å². The van der Waals surface area contributed by atoms with Gasteiger partial charge < -0.3 is 14.4 Å². The summed E-state index contributed by atoms with van der Waals surface area (Å²) in [5, 5.41) is 0.728. The van der Waals surface area contributed by atoms with Gasteiger partial charge in [0.2, 0.25) is 0 Å². The molecule has 0 saturated carbocycles. The molecule has 4 heterocycles. The molecule has 0 unspecified atom stereocenters. The van der Waals surface area contributed by atoms with Crippen molar-refractivity contribution < 1.29 is 0 Å². The maximum absolute atomic E-state index is 6.21. The Bertz CT molecular complexity index is 1210. The van der Waals surface area contributed by atoms with Gasteiger partial charge in [-0.2, -0.15) is 0 Å². The lowest BCUT2D eigenvalue weighted by Crippen LogP contribution is -2.44. The first kappa shape index (κ1) is 21.1. The van der Waals surface area contributed by atoms with Crippen molar-refractivity contribution in [2.75, 3.05) is 39.8 Å². The van der Waals surface area contributed by atoms with Crippen molar-refractivity contribution in [1.82, 2.24) is 24.3 Å². The molecular weight excluding hydrogens is 418 g/mol. The number of halogens is 1. The van der Waals surface area contributed by atoms with Crippen LogP contribution in [-0.2, 0) is 6.54 Å². The second-order valence-corrected chi connectivity index (χ2v) is 9.01. The number of pyridine rings is 2. The lowest BCUT2D eigenvalue weighted by molar-refractivity contribution is 0.151. The summed E-state index contributed by atoms with van der Waals surface area (Å²) in [6.07, 6.45) is 9.04. The van der Waals surface area contributed by atoms with Crippen LogP contribution in [0.2, 0.25) is 5.02 Å². The molecule has 0 spiro atoms. The molecule has 0 radical (unpaired) electrons. The van der Waals surface area contributed by atoms with Crippen LogP contribution in [0.4, 0.5) is 0 Å². The topological polar surface area (TPSA) is 37.2 Å². The first-order valence-corrected chi connectivity index (χ1v) is 11.6. The van der Waals surface area contributed by atoms with Gasteiger partial charge in [0.1, 0.15) is 0 Å². The molecule has 0 amide bonds. The van der Waals surface area contributed by atoms with Gasteiger partial charge in [0.15, 0.2) is 0 Å². The van der Waals surface area contributed by atoms with Crippen molar-refractivity contribution in [3.05, 3.63) is 72.3 Å². The number of rotatable bonds is 6. The zero-order valence-corrected chi connectivity index (χ0v) is 19.2. The van der Waals surface area contributed by atoms with Crippen LogP contribution in [0.1, 0.15) is 6.42 Å². The number of piperazine rings is 1. The Morgan fingerprint density at radius 2 is 1.75 bits per heavy atom. The van der Waals surface area contributed by atoms with Crippen molar-refractivity contribution in [2.45, 2.75) is 13.0 Å². The number of benzene rings is 1. The first-order chi connectivity index (χ1) is 15.7. The van der Waals surface area contributed by atoms with E-state index < -0.39 is 0 Å². The Kier molecular flexibility index (Phi) is 6.21. The van der Waals surface area contributed by atoms with E-state index in [0.29, 0.717) is 0 Å². The molecule has 32 heavy (non-hydrogen) atoms. The fraction of sp³-hybridized carbons (Fsp3) is 0.308. The molecule has 0 aliphatic carbocycles. The number of hydrogen-bond donors (Lipinski definition) is 0. The number of fused-ring (bicyclic) bond motifs is 1. The minimum atomic E-state index is 0.728. The monoisotopic (exact) mass is 445 g/mol.